The van der Waals surface area contributed by atoms with E-state index in [9.17, 15) is 0 Å². The van der Waals surface area contributed by atoms with Gasteiger partial charge in [-0.05, 0) is 25.2 Å². The van der Waals surface area contributed by atoms with E-state index in [-0.39, 0.29) is 12.4 Å². The van der Waals surface area contributed by atoms with Crippen LogP contribution >= 0.6 is 0 Å². The maximum absolute atomic E-state index is 9.04. The van der Waals surface area contributed by atoms with E-state index >= 15 is 0 Å². The van der Waals surface area contributed by atoms with Crippen molar-refractivity contribution < 1.29 is 10.3 Å². The predicted octanol–water partition coefficient (Wildman–Crippen LogP) is 0.170. The number of amidine groups is 1. The van der Waals surface area contributed by atoms with E-state index in [4.69, 9.17) is 16.0 Å². The van der Waals surface area contributed by atoms with Gasteiger partial charge in [-0.15, -0.1) is 0 Å². The van der Waals surface area contributed by atoms with Gasteiger partial charge in [0.05, 0.1) is 0 Å². The van der Waals surface area contributed by atoms with Gasteiger partial charge in [0.2, 0.25) is 0 Å². The fraction of sp³-hybridized carbons (Fsp3) is 0.583. The molecule has 0 aliphatic carbocycles. The molecule has 1 fully saturated rings. The van der Waals surface area contributed by atoms with Crippen LogP contribution < -0.4 is 10.6 Å². The molecule has 0 saturated carbocycles. The average molecular weight is 265 g/mol. The lowest BCUT2D eigenvalue weighted by atomic mass is 9.95. The molecule has 2 heterocycles. The summed E-state index contributed by atoms with van der Waals surface area (Å²) in [6, 6.07) is 0. The number of aromatic nitrogens is 2. The van der Waals surface area contributed by atoms with Gasteiger partial charge >= 0.3 is 0 Å². The first kappa shape index (κ1) is 13.5. The number of nitrogens with zero attached hydrogens (tertiary/aromatic N) is 4. The summed E-state index contributed by atoms with van der Waals surface area (Å²) in [5, 5.41) is 20.8. The molecule has 1 atom stereocenters. The molecule has 1 unspecified atom stereocenters. The van der Waals surface area contributed by atoms with Crippen molar-refractivity contribution in [2.45, 2.75) is 19.3 Å². The molecule has 0 bridgehead atoms. The number of hydrogen-bond acceptors (Lipinski definition) is 6. The molecule has 1 saturated heterocycles. The van der Waals surface area contributed by atoms with Crippen LogP contribution in [0.25, 0.3) is 0 Å². The largest absolute Gasteiger partial charge is 0.409 e. The number of rotatable bonds is 4. The zero-order valence-corrected chi connectivity index (χ0v) is 10.7. The van der Waals surface area contributed by atoms with Gasteiger partial charge in [0.15, 0.2) is 17.3 Å². The van der Waals surface area contributed by atoms with Crippen molar-refractivity contribution in [2.24, 2.45) is 16.8 Å². The Balaban J connectivity index is 2.21. The molecule has 7 heteroatoms. The molecule has 0 aromatic carbocycles. The van der Waals surface area contributed by atoms with E-state index in [2.05, 4.69) is 20.0 Å². The standard InChI is InChI=1S/C12H19N5O2/c13-11(16-19)10-12(15-5-4-14-10)17-6-1-2-9(8-17)3-7-18/h4-5,9,18-19H,1-3,6-8H2,(H2,13,16). The summed E-state index contributed by atoms with van der Waals surface area (Å²) in [5.74, 6) is 1.05. The number of oxime groups is 1. The van der Waals surface area contributed by atoms with Crippen molar-refractivity contribution in [3.8, 4) is 0 Å². The van der Waals surface area contributed by atoms with Crippen molar-refractivity contribution >= 4 is 11.7 Å². The monoisotopic (exact) mass is 265 g/mol. The first-order valence-electron chi connectivity index (χ1n) is 6.41. The highest BCUT2D eigenvalue weighted by atomic mass is 16.4. The Morgan fingerprint density at radius 2 is 2.26 bits per heavy atom. The van der Waals surface area contributed by atoms with E-state index in [0.717, 1.165) is 32.4 Å². The SMILES string of the molecule is NC(=NO)c1nccnc1N1CCCC(CCO)C1. The Kier molecular flexibility index (Phi) is 4.51. The Morgan fingerprint density at radius 1 is 1.47 bits per heavy atom. The molecule has 0 amide bonds. The second kappa shape index (κ2) is 6.33. The molecule has 1 aliphatic rings. The molecule has 1 aromatic heterocycles. The minimum atomic E-state index is -0.0348. The van der Waals surface area contributed by atoms with Gasteiger partial charge in [-0.25, -0.2) is 9.97 Å². The van der Waals surface area contributed by atoms with Gasteiger partial charge in [-0.3, -0.25) is 0 Å². The maximum atomic E-state index is 9.04. The van der Waals surface area contributed by atoms with Crippen LogP contribution in [0.1, 0.15) is 25.0 Å². The van der Waals surface area contributed by atoms with Crippen LogP contribution in [0.4, 0.5) is 5.82 Å². The van der Waals surface area contributed by atoms with E-state index in [0.29, 0.717) is 17.4 Å². The van der Waals surface area contributed by atoms with Gasteiger partial charge in [-0.1, -0.05) is 5.16 Å². The van der Waals surface area contributed by atoms with Gasteiger partial charge in [-0.2, -0.15) is 0 Å². The van der Waals surface area contributed by atoms with Crippen LogP contribution in [0.2, 0.25) is 0 Å². The third kappa shape index (κ3) is 3.11. The molecule has 7 nitrogen and oxygen atoms in total. The molecule has 0 radical (unpaired) electrons. The van der Waals surface area contributed by atoms with Gasteiger partial charge in [0.1, 0.15) is 0 Å². The van der Waals surface area contributed by atoms with Crippen LogP contribution in [0.15, 0.2) is 17.5 Å². The van der Waals surface area contributed by atoms with Crippen molar-refractivity contribution in [1.29, 1.82) is 0 Å². The molecular weight excluding hydrogens is 246 g/mol. The van der Waals surface area contributed by atoms with Crippen molar-refractivity contribution in [3.05, 3.63) is 18.1 Å². The van der Waals surface area contributed by atoms with Crippen LogP contribution in [-0.2, 0) is 0 Å². The molecular formula is C12H19N5O2. The molecule has 104 valence electrons. The molecule has 4 N–H and O–H groups in total. The second-order valence-corrected chi connectivity index (χ2v) is 4.68. The number of anilines is 1. The third-order valence-corrected chi connectivity index (χ3v) is 3.39. The fourth-order valence-electron chi connectivity index (χ4n) is 2.47. The normalized spacial score (nSPS) is 20.6. The quantitative estimate of drug-likeness (QED) is 0.310. The summed E-state index contributed by atoms with van der Waals surface area (Å²) in [4.78, 5) is 10.5. The number of aliphatic hydroxyl groups excluding tert-OH is 1. The lowest BCUT2D eigenvalue weighted by Gasteiger charge is -2.33. The summed E-state index contributed by atoms with van der Waals surface area (Å²) in [7, 11) is 0. The molecule has 0 spiro atoms. The first-order valence-corrected chi connectivity index (χ1v) is 6.41. The lowest BCUT2D eigenvalue weighted by Crippen LogP contribution is -2.38. The third-order valence-electron chi connectivity index (χ3n) is 3.39. The van der Waals surface area contributed by atoms with Crippen molar-refractivity contribution in [2.75, 3.05) is 24.6 Å². The highest BCUT2D eigenvalue weighted by Crippen LogP contribution is 2.24. The summed E-state index contributed by atoms with van der Waals surface area (Å²) in [6.45, 7) is 1.88. The zero-order chi connectivity index (χ0) is 13.7. The average Bonchev–Trinajstić information content (AvgIpc) is 2.47. The summed E-state index contributed by atoms with van der Waals surface area (Å²) >= 11 is 0. The van der Waals surface area contributed by atoms with E-state index in [1.807, 2.05) is 0 Å². The Morgan fingerprint density at radius 3 is 3.00 bits per heavy atom. The summed E-state index contributed by atoms with van der Waals surface area (Å²) in [6.07, 6.45) is 6.05. The highest BCUT2D eigenvalue weighted by molar-refractivity contribution is 5.99. The summed E-state index contributed by atoms with van der Waals surface area (Å²) < 4.78 is 0. The number of hydrogen-bond donors (Lipinski definition) is 3. The number of aliphatic hydroxyl groups is 1. The van der Waals surface area contributed by atoms with Gasteiger partial charge in [0, 0.05) is 32.1 Å². The molecule has 1 aliphatic heterocycles. The van der Waals surface area contributed by atoms with E-state index in [1.54, 1.807) is 6.20 Å². The second-order valence-electron chi connectivity index (χ2n) is 4.68. The number of nitrogens with two attached hydrogens (primary N) is 1. The topological polar surface area (TPSA) is 108 Å². The van der Waals surface area contributed by atoms with Crippen LogP contribution in [0.5, 0.6) is 0 Å². The molecule has 1 aromatic rings. The highest BCUT2D eigenvalue weighted by Gasteiger charge is 2.23. The lowest BCUT2D eigenvalue weighted by molar-refractivity contribution is 0.244. The smallest absolute Gasteiger partial charge is 0.192 e. The van der Waals surface area contributed by atoms with E-state index in [1.165, 1.54) is 6.20 Å². The van der Waals surface area contributed by atoms with Crippen molar-refractivity contribution in [1.82, 2.24) is 9.97 Å². The minimum absolute atomic E-state index is 0.0348. The fourth-order valence-corrected chi connectivity index (χ4v) is 2.47. The van der Waals surface area contributed by atoms with Gasteiger partial charge in [0.25, 0.3) is 0 Å². The van der Waals surface area contributed by atoms with Crippen LogP contribution in [0.3, 0.4) is 0 Å². The predicted molar refractivity (Wildman–Crippen MR) is 71.2 cm³/mol. The summed E-state index contributed by atoms with van der Waals surface area (Å²) in [5.41, 5.74) is 6.02. The van der Waals surface area contributed by atoms with Crippen molar-refractivity contribution in [3.63, 3.8) is 0 Å². The molecule has 2 rings (SSSR count). The Labute approximate surface area is 111 Å². The molecule has 19 heavy (non-hydrogen) atoms. The van der Waals surface area contributed by atoms with Crippen LogP contribution in [-0.4, -0.2) is 45.8 Å². The van der Waals surface area contributed by atoms with Gasteiger partial charge < -0.3 is 20.9 Å². The first-order chi connectivity index (χ1) is 9.26. The Hall–Kier alpha value is -1.89. The van der Waals surface area contributed by atoms with Crippen LogP contribution in [0, 0.1) is 5.92 Å². The minimum Gasteiger partial charge on any atom is -0.409 e. The Bertz CT molecular complexity index is 450. The van der Waals surface area contributed by atoms with E-state index < -0.39 is 0 Å². The number of piperidine rings is 1. The zero-order valence-electron chi connectivity index (χ0n) is 10.7. The maximum Gasteiger partial charge on any atom is 0.192 e.